The molecular formula is C11H17N3OS. The van der Waals surface area contributed by atoms with Gasteiger partial charge in [-0.25, -0.2) is 4.98 Å². The Labute approximate surface area is 99.8 Å². The molecule has 0 spiro atoms. The van der Waals surface area contributed by atoms with Crippen molar-refractivity contribution in [3.8, 4) is 0 Å². The maximum absolute atomic E-state index is 5.82. The molecule has 0 bridgehead atoms. The molecule has 0 radical (unpaired) electrons. The van der Waals surface area contributed by atoms with Gasteiger partial charge in [0.15, 0.2) is 0 Å². The fourth-order valence-electron chi connectivity index (χ4n) is 2.21. The first-order valence-corrected chi connectivity index (χ1v) is 7.05. The van der Waals surface area contributed by atoms with E-state index in [0.717, 1.165) is 44.1 Å². The van der Waals surface area contributed by atoms with Gasteiger partial charge in [-0.05, 0) is 13.0 Å². The fraction of sp³-hybridized carbons (Fsp3) is 0.727. The highest BCUT2D eigenvalue weighted by molar-refractivity contribution is 7.98. The summed E-state index contributed by atoms with van der Waals surface area (Å²) in [6.07, 6.45) is 3.41. The Kier molecular flexibility index (Phi) is 3.17. The molecule has 0 aromatic carbocycles. The topological polar surface area (TPSA) is 39.1 Å². The van der Waals surface area contributed by atoms with Gasteiger partial charge in [0.2, 0.25) is 0 Å². The minimum atomic E-state index is 0.193. The van der Waals surface area contributed by atoms with Gasteiger partial charge < -0.3 is 14.6 Å². The van der Waals surface area contributed by atoms with Crippen molar-refractivity contribution in [2.75, 3.05) is 25.4 Å². The van der Waals surface area contributed by atoms with Gasteiger partial charge in [0.1, 0.15) is 11.9 Å². The van der Waals surface area contributed by atoms with Crippen molar-refractivity contribution >= 4 is 11.8 Å². The quantitative estimate of drug-likeness (QED) is 0.799. The zero-order valence-electron chi connectivity index (χ0n) is 9.32. The van der Waals surface area contributed by atoms with Gasteiger partial charge in [0, 0.05) is 25.0 Å². The van der Waals surface area contributed by atoms with E-state index in [-0.39, 0.29) is 6.10 Å². The van der Waals surface area contributed by atoms with Gasteiger partial charge in [-0.3, -0.25) is 0 Å². The van der Waals surface area contributed by atoms with E-state index in [2.05, 4.69) is 16.1 Å². The van der Waals surface area contributed by atoms with Gasteiger partial charge in [0.05, 0.1) is 18.1 Å². The summed E-state index contributed by atoms with van der Waals surface area (Å²) in [5, 5.41) is 3.35. The number of nitrogens with zero attached hydrogens (tertiary/aromatic N) is 2. The minimum Gasteiger partial charge on any atom is -0.370 e. The number of imidazole rings is 1. The lowest BCUT2D eigenvalue weighted by atomic mass is 10.2. The van der Waals surface area contributed by atoms with E-state index in [0.29, 0.717) is 0 Å². The molecule has 0 saturated carbocycles. The highest BCUT2D eigenvalue weighted by atomic mass is 32.2. The number of thioether (sulfide) groups is 1. The number of fused-ring (bicyclic) bond motifs is 1. The van der Waals surface area contributed by atoms with Gasteiger partial charge >= 0.3 is 0 Å². The van der Waals surface area contributed by atoms with Crippen molar-refractivity contribution in [3.63, 3.8) is 0 Å². The lowest BCUT2D eigenvalue weighted by Crippen LogP contribution is -2.16. The Balaban J connectivity index is 1.79. The highest BCUT2D eigenvalue weighted by Crippen LogP contribution is 2.25. The van der Waals surface area contributed by atoms with Crippen LogP contribution in [0.5, 0.6) is 0 Å². The van der Waals surface area contributed by atoms with Crippen LogP contribution in [0.1, 0.15) is 24.0 Å². The maximum Gasteiger partial charge on any atom is 0.119 e. The minimum absolute atomic E-state index is 0.193. The molecule has 0 aliphatic carbocycles. The third-order valence-electron chi connectivity index (χ3n) is 3.10. The average molecular weight is 239 g/mol. The van der Waals surface area contributed by atoms with E-state index in [9.17, 15) is 0 Å². The summed E-state index contributed by atoms with van der Waals surface area (Å²) >= 11 is 1.97. The molecule has 1 saturated heterocycles. The molecule has 1 aromatic heterocycles. The normalized spacial score (nSPS) is 26.1. The lowest BCUT2D eigenvalue weighted by Gasteiger charge is -2.11. The molecule has 1 unspecified atom stereocenters. The smallest absolute Gasteiger partial charge is 0.119 e. The van der Waals surface area contributed by atoms with Crippen molar-refractivity contribution in [1.82, 2.24) is 14.9 Å². The molecule has 2 aliphatic rings. The predicted octanol–water partition coefficient (Wildman–Crippen LogP) is 1.18. The van der Waals surface area contributed by atoms with E-state index in [1.54, 1.807) is 0 Å². The number of ether oxygens (including phenoxy) is 1. The monoisotopic (exact) mass is 239 g/mol. The second-order valence-electron chi connectivity index (χ2n) is 4.23. The number of nitrogens with one attached hydrogen (secondary N) is 1. The third-order valence-corrected chi connectivity index (χ3v) is 4.03. The molecule has 0 amide bonds. The standard InChI is InChI=1S/C11H17N3OS/c1-2-12-3-5-15-10(1)9-7-14-4-6-16-8-11(14)13-9/h7,10,12H,1-6,8H2. The molecule has 16 heavy (non-hydrogen) atoms. The van der Waals surface area contributed by atoms with Crippen LogP contribution in [0.2, 0.25) is 0 Å². The Hall–Kier alpha value is -0.520. The first-order valence-electron chi connectivity index (χ1n) is 5.89. The van der Waals surface area contributed by atoms with Crippen LogP contribution in [0.3, 0.4) is 0 Å². The molecular weight excluding hydrogens is 222 g/mol. The van der Waals surface area contributed by atoms with E-state index in [1.165, 1.54) is 11.6 Å². The number of hydrogen-bond donors (Lipinski definition) is 1. The first kappa shape index (κ1) is 10.6. The Morgan fingerprint density at radius 2 is 2.50 bits per heavy atom. The molecule has 3 heterocycles. The molecule has 1 atom stereocenters. The van der Waals surface area contributed by atoms with Crippen LogP contribution in [0.25, 0.3) is 0 Å². The van der Waals surface area contributed by atoms with Crippen LogP contribution >= 0.6 is 11.8 Å². The number of aryl methyl sites for hydroxylation is 1. The molecule has 1 N–H and O–H groups in total. The van der Waals surface area contributed by atoms with Crippen molar-refractivity contribution < 1.29 is 4.74 Å². The second-order valence-corrected chi connectivity index (χ2v) is 5.33. The summed E-state index contributed by atoms with van der Waals surface area (Å²) in [5.41, 5.74) is 1.13. The van der Waals surface area contributed by atoms with Crippen LogP contribution in [0.4, 0.5) is 0 Å². The number of aromatic nitrogens is 2. The predicted molar refractivity (Wildman–Crippen MR) is 64.6 cm³/mol. The van der Waals surface area contributed by atoms with Crippen LogP contribution in [-0.4, -0.2) is 35.0 Å². The Morgan fingerprint density at radius 1 is 1.50 bits per heavy atom. The van der Waals surface area contributed by atoms with Crippen molar-refractivity contribution in [2.24, 2.45) is 0 Å². The van der Waals surface area contributed by atoms with Crippen molar-refractivity contribution in [1.29, 1.82) is 0 Å². The Morgan fingerprint density at radius 3 is 3.44 bits per heavy atom. The molecule has 1 aromatic rings. The highest BCUT2D eigenvalue weighted by Gasteiger charge is 2.20. The summed E-state index contributed by atoms with van der Waals surface area (Å²) in [5.74, 6) is 3.47. The summed E-state index contributed by atoms with van der Waals surface area (Å²) in [6.45, 7) is 3.88. The molecule has 5 heteroatoms. The largest absolute Gasteiger partial charge is 0.370 e. The van der Waals surface area contributed by atoms with Crippen molar-refractivity contribution in [3.05, 3.63) is 17.7 Å². The first-order chi connectivity index (χ1) is 7.93. The zero-order valence-corrected chi connectivity index (χ0v) is 10.1. The molecule has 1 fully saturated rings. The van der Waals surface area contributed by atoms with E-state index >= 15 is 0 Å². The summed E-state index contributed by atoms with van der Waals surface area (Å²) in [7, 11) is 0. The SMILES string of the molecule is c1c(C2CCNCCO2)nc2n1CCSC2. The molecule has 2 aliphatic heterocycles. The number of hydrogen-bond acceptors (Lipinski definition) is 4. The van der Waals surface area contributed by atoms with Gasteiger partial charge in [-0.15, -0.1) is 0 Å². The van der Waals surface area contributed by atoms with Gasteiger partial charge in [-0.1, -0.05) is 0 Å². The van der Waals surface area contributed by atoms with E-state index in [4.69, 9.17) is 9.72 Å². The van der Waals surface area contributed by atoms with Crippen LogP contribution in [0, 0.1) is 0 Å². The summed E-state index contributed by atoms with van der Waals surface area (Å²) in [4.78, 5) is 4.71. The van der Waals surface area contributed by atoms with Crippen LogP contribution in [0.15, 0.2) is 6.20 Å². The Bertz CT molecular complexity index is 335. The maximum atomic E-state index is 5.82. The van der Waals surface area contributed by atoms with E-state index < -0.39 is 0 Å². The average Bonchev–Trinajstić information content (AvgIpc) is 2.56. The molecule has 88 valence electrons. The summed E-state index contributed by atoms with van der Waals surface area (Å²) < 4.78 is 8.11. The fourth-order valence-corrected chi connectivity index (χ4v) is 3.10. The van der Waals surface area contributed by atoms with Gasteiger partial charge in [0.25, 0.3) is 0 Å². The van der Waals surface area contributed by atoms with E-state index in [1.807, 2.05) is 11.8 Å². The number of rotatable bonds is 1. The van der Waals surface area contributed by atoms with Crippen LogP contribution < -0.4 is 5.32 Å². The third kappa shape index (κ3) is 2.12. The van der Waals surface area contributed by atoms with Crippen molar-refractivity contribution in [2.45, 2.75) is 24.8 Å². The second kappa shape index (κ2) is 4.77. The zero-order chi connectivity index (χ0) is 10.8. The van der Waals surface area contributed by atoms with Crippen LogP contribution in [-0.2, 0) is 17.0 Å². The van der Waals surface area contributed by atoms with Gasteiger partial charge in [-0.2, -0.15) is 11.8 Å². The lowest BCUT2D eigenvalue weighted by molar-refractivity contribution is 0.0615. The molecule has 3 rings (SSSR count). The molecule has 4 nitrogen and oxygen atoms in total. The summed E-state index contributed by atoms with van der Waals surface area (Å²) in [6, 6.07) is 0.